The molecule has 104 valence electrons. The summed E-state index contributed by atoms with van der Waals surface area (Å²) in [7, 11) is 0. The van der Waals surface area contributed by atoms with Crippen LogP contribution < -0.4 is 0 Å². The average Bonchev–Trinajstić information content (AvgIpc) is 2.35. The van der Waals surface area contributed by atoms with E-state index in [9.17, 15) is 9.90 Å². The Kier molecular flexibility index (Phi) is 4.66. The molecular formula is C14H18ClNO3. The van der Waals surface area contributed by atoms with E-state index in [0.717, 1.165) is 31.4 Å². The summed E-state index contributed by atoms with van der Waals surface area (Å²) in [5.74, 6) is -0.559. The molecule has 19 heavy (non-hydrogen) atoms. The van der Waals surface area contributed by atoms with Gasteiger partial charge in [-0.25, -0.2) is 0 Å². The van der Waals surface area contributed by atoms with Crippen molar-refractivity contribution in [3.63, 3.8) is 0 Å². The molecule has 1 fully saturated rings. The highest BCUT2D eigenvalue weighted by atomic mass is 35.5. The summed E-state index contributed by atoms with van der Waals surface area (Å²) >= 11 is 5.93. The molecule has 1 aromatic rings. The highest BCUT2D eigenvalue weighted by Gasteiger charge is 2.25. The first-order valence-corrected chi connectivity index (χ1v) is 6.87. The van der Waals surface area contributed by atoms with E-state index >= 15 is 0 Å². The fourth-order valence-electron chi connectivity index (χ4n) is 2.60. The average molecular weight is 284 g/mol. The quantitative estimate of drug-likeness (QED) is 0.892. The van der Waals surface area contributed by atoms with Gasteiger partial charge < -0.3 is 10.2 Å². The highest BCUT2D eigenvalue weighted by molar-refractivity contribution is 6.30. The van der Waals surface area contributed by atoms with Gasteiger partial charge >= 0.3 is 5.97 Å². The number of aliphatic carboxylic acids is 1. The maximum absolute atomic E-state index is 10.9. The van der Waals surface area contributed by atoms with Crippen molar-refractivity contribution in [2.45, 2.75) is 38.3 Å². The van der Waals surface area contributed by atoms with E-state index in [1.807, 2.05) is 0 Å². The van der Waals surface area contributed by atoms with Crippen molar-refractivity contribution in [1.82, 2.24) is 4.90 Å². The first-order chi connectivity index (χ1) is 9.06. The van der Waals surface area contributed by atoms with E-state index in [0.29, 0.717) is 11.6 Å². The second-order valence-corrected chi connectivity index (χ2v) is 5.43. The third-order valence-electron chi connectivity index (χ3n) is 3.57. The first kappa shape index (κ1) is 14.2. The molecule has 0 saturated carbocycles. The molecule has 1 aliphatic rings. The molecule has 4 nitrogen and oxygen atoms in total. The van der Waals surface area contributed by atoms with Crippen LogP contribution in [-0.4, -0.2) is 33.7 Å². The number of phenols is 1. The molecule has 0 radical (unpaired) electrons. The van der Waals surface area contributed by atoms with Crippen LogP contribution in [0.1, 0.15) is 31.2 Å². The molecular weight excluding hydrogens is 266 g/mol. The summed E-state index contributed by atoms with van der Waals surface area (Å²) < 4.78 is 0. The second-order valence-electron chi connectivity index (χ2n) is 4.99. The van der Waals surface area contributed by atoms with Gasteiger partial charge in [0.25, 0.3) is 0 Å². The third kappa shape index (κ3) is 3.85. The van der Waals surface area contributed by atoms with Gasteiger partial charge in [0.05, 0.1) is 6.42 Å². The fourth-order valence-corrected chi connectivity index (χ4v) is 2.80. The maximum Gasteiger partial charge on any atom is 0.304 e. The second kappa shape index (κ2) is 6.26. The predicted molar refractivity (Wildman–Crippen MR) is 73.4 cm³/mol. The van der Waals surface area contributed by atoms with Gasteiger partial charge in [-0.05, 0) is 37.6 Å². The zero-order valence-corrected chi connectivity index (χ0v) is 11.4. The number of carboxylic acid groups (broad SMARTS) is 1. The number of phenolic OH excluding ortho intramolecular Hbond substituents is 1. The number of benzene rings is 1. The number of likely N-dealkylation sites (tertiary alicyclic amines) is 1. The fraction of sp³-hybridized carbons (Fsp3) is 0.500. The first-order valence-electron chi connectivity index (χ1n) is 6.49. The number of hydrogen-bond donors (Lipinski definition) is 2. The summed E-state index contributed by atoms with van der Waals surface area (Å²) in [6.45, 7) is 1.41. The van der Waals surface area contributed by atoms with Gasteiger partial charge in [-0.3, -0.25) is 9.69 Å². The lowest BCUT2D eigenvalue weighted by Gasteiger charge is -2.35. The zero-order chi connectivity index (χ0) is 13.8. The lowest BCUT2D eigenvalue weighted by atomic mass is 9.98. The van der Waals surface area contributed by atoms with Crippen LogP contribution in [0.2, 0.25) is 5.02 Å². The van der Waals surface area contributed by atoms with Crippen LogP contribution in [0, 0.1) is 0 Å². The van der Waals surface area contributed by atoms with Crippen molar-refractivity contribution >= 4 is 17.6 Å². The molecule has 1 atom stereocenters. The van der Waals surface area contributed by atoms with Gasteiger partial charge in [-0.1, -0.05) is 18.0 Å². The van der Waals surface area contributed by atoms with Crippen LogP contribution in [0.25, 0.3) is 0 Å². The Bertz CT molecular complexity index is 464. The molecule has 0 spiro atoms. The largest absolute Gasteiger partial charge is 0.508 e. The number of rotatable bonds is 4. The van der Waals surface area contributed by atoms with E-state index in [1.165, 1.54) is 0 Å². The highest BCUT2D eigenvalue weighted by Crippen LogP contribution is 2.27. The normalized spacial score (nSPS) is 20.4. The van der Waals surface area contributed by atoms with Crippen LogP contribution in [-0.2, 0) is 11.3 Å². The van der Waals surface area contributed by atoms with Crippen molar-refractivity contribution in [2.24, 2.45) is 0 Å². The molecule has 2 rings (SSSR count). The number of aromatic hydroxyl groups is 1. The number of halogens is 1. The lowest BCUT2D eigenvalue weighted by Crippen LogP contribution is -2.40. The van der Waals surface area contributed by atoms with Crippen molar-refractivity contribution in [1.29, 1.82) is 0 Å². The van der Waals surface area contributed by atoms with Crippen LogP contribution in [0.3, 0.4) is 0 Å². The Balaban J connectivity index is 2.10. The lowest BCUT2D eigenvalue weighted by molar-refractivity contribution is -0.138. The standard InChI is InChI=1S/C14H18ClNO3/c15-11-4-5-13(17)10(7-11)9-16-6-2-1-3-12(16)8-14(18)19/h4-5,7,12,17H,1-3,6,8-9H2,(H,18,19). The Morgan fingerprint density at radius 2 is 2.21 bits per heavy atom. The van der Waals surface area contributed by atoms with E-state index in [4.69, 9.17) is 16.7 Å². The van der Waals surface area contributed by atoms with Crippen molar-refractivity contribution in [2.75, 3.05) is 6.54 Å². The minimum Gasteiger partial charge on any atom is -0.508 e. The summed E-state index contributed by atoms with van der Waals surface area (Å²) in [5.41, 5.74) is 0.754. The molecule has 0 aliphatic carbocycles. The van der Waals surface area contributed by atoms with Gasteiger partial charge in [0.1, 0.15) is 5.75 Å². The molecule has 1 saturated heterocycles. The molecule has 0 bridgehead atoms. The third-order valence-corrected chi connectivity index (χ3v) is 3.81. The van der Waals surface area contributed by atoms with Gasteiger partial charge in [0.2, 0.25) is 0 Å². The van der Waals surface area contributed by atoms with Gasteiger partial charge in [0.15, 0.2) is 0 Å². The SMILES string of the molecule is O=C(O)CC1CCCCN1Cc1cc(Cl)ccc1O. The molecule has 5 heteroatoms. The van der Waals surface area contributed by atoms with E-state index < -0.39 is 5.97 Å². The van der Waals surface area contributed by atoms with E-state index in [-0.39, 0.29) is 18.2 Å². The molecule has 1 heterocycles. The maximum atomic E-state index is 10.9. The van der Waals surface area contributed by atoms with E-state index in [2.05, 4.69) is 4.90 Å². The molecule has 1 unspecified atom stereocenters. The Hall–Kier alpha value is -1.26. The number of piperidine rings is 1. The molecule has 0 amide bonds. The zero-order valence-electron chi connectivity index (χ0n) is 10.7. The number of hydrogen-bond acceptors (Lipinski definition) is 3. The molecule has 2 N–H and O–H groups in total. The summed E-state index contributed by atoms with van der Waals surface area (Å²) in [6.07, 6.45) is 3.18. The van der Waals surface area contributed by atoms with Crippen molar-refractivity contribution in [3.05, 3.63) is 28.8 Å². The number of nitrogens with zero attached hydrogens (tertiary/aromatic N) is 1. The van der Waals surface area contributed by atoms with Gasteiger partial charge in [-0.2, -0.15) is 0 Å². The van der Waals surface area contributed by atoms with Crippen molar-refractivity contribution in [3.8, 4) is 5.75 Å². The Morgan fingerprint density at radius 1 is 1.42 bits per heavy atom. The van der Waals surface area contributed by atoms with Gasteiger partial charge in [0, 0.05) is 23.2 Å². The molecule has 1 aromatic carbocycles. The summed E-state index contributed by atoms with van der Waals surface area (Å²) in [4.78, 5) is 13.0. The van der Waals surface area contributed by atoms with Crippen LogP contribution in [0.5, 0.6) is 5.75 Å². The van der Waals surface area contributed by atoms with Crippen LogP contribution in [0.4, 0.5) is 0 Å². The van der Waals surface area contributed by atoms with Crippen LogP contribution in [0.15, 0.2) is 18.2 Å². The van der Waals surface area contributed by atoms with Gasteiger partial charge in [-0.15, -0.1) is 0 Å². The van der Waals surface area contributed by atoms with Crippen LogP contribution >= 0.6 is 11.6 Å². The smallest absolute Gasteiger partial charge is 0.304 e. The summed E-state index contributed by atoms with van der Waals surface area (Å²) in [5, 5.41) is 19.4. The van der Waals surface area contributed by atoms with E-state index in [1.54, 1.807) is 18.2 Å². The Morgan fingerprint density at radius 3 is 2.95 bits per heavy atom. The molecule has 0 aromatic heterocycles. The predicted octanol–water partition coefficient (Wildman–Crippen LogP) is 2.87. The van der Waals surface area contributed by atoms with Crippen molar-refractivity contribution < 1.29 is 15.0 Å². The number of carbonyl (C=O) groups is 1. The monoisotopic (exact) mass is 283 g/mol. The Labute approximate surface area is 117 Å². The minimum absolute atomic E-state index is 0.0460. The molecule has 1 aliphatic heterocycles. The summed E-state index contributed by atoms with van der Waals surface area (Å²) in [6, 6.07) is 5.01. The number of carboxylic acids is 1. The minimum atomic E-state index is -0.771. The topological polar surface area (TPSA) is 60.8 Å².